The summed E-state index contributed by atoms with van der Waals surface area (Å²) in [6, 6.07) is 8.05. The number of piperazine rings is 1. The van der Waals surface area contributed by atoms with Crippen molar-refractivity contribution in [3.63, 3.8) is 0 Å². The minimum atomic E-state index is -4.79. The first-order valence-electron chi connectivity index (χ1n) is 14.3. The van der Waals surface area contributed by atoms with Gasteiger partial charge in [-0.1, -0.05) is 6.07 Å². The number of nitrogens with one attached hydrogen (secondary N) is 2. The summed E-state index contributed by atoms with van der Waals surface area (Å²) < 4.78 is 64.9. The number of methoxy groups -OCH3 is 1. The summed E-state index contributed by atoms with van der Waals surface area (Å²) in [5.41, 5.74) is 1.80. The number of hydrogen-bond acceptors (Lipinski definition) is 10. The number of halogens is 3. The summed E-state index contributed by atoms with van der Waals surface area (Å²) in [5, 5.41) is 5.64. The maximum atomic E-state index is 14.1. The number of likely N-dealkylation sites (N-methyl/N-ethyl adjacent to an activating group) is 1. The van der Waals surface area contributed by atoms with Crippen molar-refractivity contribution in [3.05, 3.63) is 58.8 Å². The van der Waals surface area contributed by atoms with Crippen molar-refractivity contribution in [2.75, 3.05) is 69.5 Å². The molecule has 1 aromatic heterocycles. The third-order valence-electron chi connectivity index (χ3n) is 7.66. The number of carbonyl (C=O) groups excluding carboxylic acids is 1. The number of anilines is 5. The average molecular weight is 650 g/mol. The van der Waals surface area contributed by atoms with Crippen LogP contribution in [0.2, 0.25) is 0 Å². The van der Waals surface area contributed by atoms with Crippen LogP contribution < -0.4 is 20.3 Å². The smallest absolute Gasteiger partial charge is 0.421 e. The normalized spacial score (nSPS) is 16.8. The Balaban J connectivity index is 1.47. The zero-order valence-electron chi connectivity index (χ0n) is 25.3. The van der Waals surface area contributed by atoms with Gasteiger partial charge in [-0.05, 0) is 43.8 Å². The maximum absolute atomic E-state index is 14.1. The summed E-state index contributed by atoms with van der Waals surface area (Å²) >= 11 is 0. The summed E-state index contributed by atoms with van der Waals surface area (Å²) in [5.74, 6) is -0.766. The fourth-order valence-corrected chi connectivity index (χ4v) is 6.55. The lowest BCUT2D eigenvalue weighted by atomic mass is 10.0. The summed E-state index contributed by atoms with van der Waals surface area (Å²) in [6.45, 7) is 5.25. The zero-order valence-corrected chi connectivity index (χ0v) is 26.2. The summed E-state index contributed by atoms with van der Waals surface area (Å²) in [4.78, 5) is 37.2. The van der Waals surface area contributed by atoms with Crippen molar-refractivity contribution < 1.29 is 36.7 Å². The van der Waals surface area contributed by atoms with E-state index in [1.54, 1.807) is 26.1 Å². The van der Waals surface area contributed by atoms with E-state index < -0.39 is 25.2 Å². The van der Waals surface area contributed by atoms with Crippen molar-refractivity contribution in [2.45, 2.75) is 25.8 Å². The quantitative estimate of drug-likeness (QED) is 0.255. The fourth-order valence-electron chi connectivity index (χ4n) is 5.40. The van der Waals surface area contributed by atoms with Gasteiger partial charge in [0.05, 0.1) is 36.8 Å². The van der Waals surface area contributed by atoms with Crippen molar-refractivity contribution >= 4 is 42.3 Å². The van der Waals surface area contributed by atoms with Crippen LogP contribution in [0.4, 0.5) is 42.0 Å². The molecular formula is C29H35F3N7O5P. The molecule has 0 bridgehead atoms. The van der Waals surface area contributed by atoms with Crippen molar-refractivity contribution in [2.24, 2.45) is 0 Å². The number of rotatable bonds is 10. The molecule has 3 N–H and O–H groups in total. The molecule has 1 fully saturated rings. The molecule has 0 aliphatic carbocycles. The van der Waals surface area contributed by atoms with Crippen LogP contribution in [-0.2, 0) is 28.0 Å². The molecule has 242 valence electrons. The fraction of sp³-hybridized carbons (Fsp3) is 0.414. The Labute approximate surface area is 258 Å². The maximum Gasteiger partial charge on any atom is 0.421 e. The molecule has 1 saturated heterocycles. The van der Waals surface area contributed by atoms with Gasteiger partial charge < -0.3 is 39.5 Å². The molecule has 1 atom stereocenters. The second-order valence-corrected chi connectivity index (χ2v) is 12.7. The van der Waals surface area contributed by atoms with Gasteiger partial charge in [0.1, 0.15) is 17.1 Å². The van der Waals surface area contributed by atoms with E-state index in [1.807, 2.05) is 13.1 Å². The number of ether oxygens (including phenoxy) is 1. The van der Waals surface area contributed by atoms with E-state index in [2.05, 4.69) is 30.4 Å². The molecular weight excluding hydrogens is 614 g/mol. The Hall–Kier alpha value is -3.91. The van der Waals surface area contributed by atoms with E-state index in [9.17, 15) is 27.4 Å². The minimum Gasteiger partial charge on any atom is -0.495 e. The molecule has 2 aromatic carbocycles. The lowest BCUT2D eigenvalue weighted by molar-refractivity contribution is -0.137. The highest BCUT2D eigenvalue weighted by molar-refractivity contribution is 7.51. The van der Waals surface area contributed by atoms with E-state index in [0.717, 1.165) is 37.4 Å². The van der Waals surface area contributed by atoms with Crippen LogP contribution in [-0.4, -0.2) is 84.6 Å². The minimum absolute atomic E-state index is 0.0697. The summed E-state index contributed by atoms with van der Waals surface area (Å²) in [6.07, 6.45) is -4.38. The molecule has 5 rings (SSSR count). The van der Waals surface area contributed by atoms with Crippen molar-refractivity contribution in [1.82, 2.24) is 19.8 Å². The van der Waals surface area contributed by atoms with Crippen LogP contribution in [0, 0.1) is 0 Å². The highest BCUT2D eigenvalue weighted by Gasteiger charge is 2.37. The largest absolute Gasteiger partial charge is 0.495 e. The number of nitrogens with zero attached hydrogens (tertiary/aromatic N) is 5. The second kappa shape index (κ2) is 12.8. The predicted molar refractivity (Wildman–Crippen MR) is 164 cm³/mol. The van der Waals surface area contributed by atoms with Gasteiger partial charge in [-0.2, -0.15) is 18.2 Å². The molecule has 0 radical (unpaired) electrons. The van der Waals surface area contributed by atoms with E-state index in [-0.39, 0.29) is 36.1 Å². The second-order valence-electron chi connectivity index (χ2n) is 10.9. The van der Waals surface area contributed by atoms with Gasteiger partial charge in [0.15, 0.2) is 0 Å². The Morgan fingerprint density at radius 1 is 1.07 bits per heavy atom. The standard InChI is InChI=1S/C29H35F3N7O5P/c1-5-44-45(41,42)17-18-6-7-21(24(14-18)43-4)35-28-33-15-20(29(30,31)32)26(36-28)34-22-8-9-23(39-12-10-37(2)11-13-39)19-16-38(3)27(40)25(19)22/h6-9,14-15H,5,10-13,16-17H2,1-4H3,(H,41,42)(H2,33,34,35,36). The van der Waals surface area contributed by atoms with Crippen LogP contribution in [0.15, 0.2) is 36.5 Å². The highest BCUT2D eigenvalue weighted by atomic mass is 31.2. The number of benzene rings is 2. The van der Waals surface area contributed by atoms with Gasteiger partial charge >= 0.3 is 13.8 Å². The number of aromatic nitrogens is 2. The number of carbonyl (C=O) groups is 1. The lowest BCUT2D eigenvalue weighted by Gasteiger charge is -2.35. The van der Waals surface area contributed by atoms with E-state index >= 15 is 0 Å². The Bertz CT molecular complexity index is 1630. The molecule has 3 heterocycles. The highest BCUT2D eigenvalue weighted by Crippen LogP contribution is 2.46. The van der Waals surface area contributed by atoms with Crippen LogP contribution in [0.25, 0.3) is 0 Å². The van der Waals surface area contributed by atoms with Gasteiger partial charge in [-0.15, -0.1) is 0 Å². The number of fused-ring (bicyclic) bond motifs is 1. The van der Waals surface area contributed by atoms with Gasteiger partial charge in [0.2, 0.25) is 5.95 Å². The molecule has 12 nitrogen and oxygen atoms in total. The van der Waals surface area contributed by atoms with Crippen LogP contribution in [0.5, 0.6) is 5.75 Å². The van der Waals surface area contributed by atoms with Gasteiger partial charge in [0, 0.05) is 57.2 Å². The first-order chi connectivity index (χ1) is 21.3. The lowest BCUT2D eigenvalue weighted by Crippen LogP contribution is -2.44. The Morgan fingerprint density at radius 2 is 1.78 bits per heavy atom. The van der Waals surface area contributed by atoms with E-state index in [4.69, 9.17) is 9.26 Å². The molecule has 16 heteroatoms. The van der Waals surface area contributed by atoms with Crippen LogP contribution in [0.1, 0.15) is 34.0 Å². The molecule has 3 aromatic rings. The van der Waals surface area contributed by atoms with E-state index in [1.165, 1.54) is 24.1 Å². The molecule has 2 aliphatic rings. The predicted octanol–water partition coefficient (Wildman–Crippen LogP) is 5.05. The molecule has 0 saturated carbocycles. The molecule has 1 amide bonds. The average Bonchev–Trinajstić information content (AvgIpc) is 3.28. The SMILES string of the molecule is CCOP(=O)(O)Cc1ccc(Nc2ncc(C(F)(F)F)c(Nc3ccc(N4CCN(C)CC4)c4c3C(=O)N(C)C4)n2)c(OC)c1. The first-order valence-corrected chi connectivity index (χ1v) is 16.0. The Morgan fingerprint density at radius 3 is 2.44 bits per heavy atom. The number of alkyl halides is 3. The van der Waals surface area contributed by atoms with Crippen LogP contribution in [0.3, 0.4) is 0 Å². The zero-order chi connectivity index (χ0) is 32.5. The van der Waals surface area contributed by atoms with Gasteiger partial charge in [0.25, 0.3) is 5.91 Å². The molecule has 2 aliphatic heterocycles. The Kier molecular flexibility index (Phi) is 9.26. The summed E-state index contributed by atoms with van der Waals surface area (Å²) in [7, 11) is 1.21. The van der Waals surface area contributed by atoms with Crippen molar-refractivity contribution in [3.8, 4) is 5.75 Å². The monoisotopic (exact) mass is 649 g/mol. The third kappa shape index (κ3) is 7.17. The topological polar surface area (TPSA) is 132 Å². The van der Waals surface area contributed by atoms with Gasteiger partial charge in [-0.25, -0.2) is 4.98 Å². The molecule has 0 spiro atoms. The van der Waals surface area contributed by atoms with E-state index in [0.29, 0.717) is 29.6 Å². The molecule has 1 unspecified atom stereocenters. The number of hydrogen-bond donors (Lipinski definition) is 3. The van der Waals surface area contributed by atoms with Gasteiger partial charge in [-0.3, -0.25) is 9.36 Å². The number of amides is 1. The van der Waals surface area contributed by atoms with Crippen molar-refractivity contribution in [1.29, 1.82) is 0 Å². The third-order valence-corrected chi connectivity index (χ3v) is 9.09. The molecule has 45 heavy (non-hydrogen) atoms. The first kappa shape index (κ1) is 32.5. The van der Waals surface area contributed by atoms with Crippen LogP contribution >= 0.6 is 7.60 Å².